The Morgan fingerprint density at radius 3 is 2.44 bits per heavy atom. The van der Waals surface area contributed by atoms with E-state index in [1.54, 1.807) is 4.90 Å². The van der Waals surface area contributed by atoms with Crippen molar-refractivity contribution in [1.82, 2.24) is 19.9 Å². The maximum atomic E-state index is 12.9. The molecule has 1 fully saturated rings. The summed E-state index contributed by atoms with van der Waals surface area (Å²) in [6, 6.07) is 4.46. The molecule has 134 valence electrons. The van der Waals surface area contributed by atoms with Gasteiger partial charge < -0.3 is 14.9 Å². The second kappa shape index (κ2) is 6.36. The van der Waals surface area contributed by atoms with Gasteiger partial charge in [0.1, 0.15) is 0 Å². The first-order chi connectivity index (χ1) is 11.8. The molecule has 1 aliphatic heterocycles. The lowest BCUT2D eigenvalue weighted by Gasteiger charge is -2.32. The number of alkyl halides is 3. The van der Waals surface area contributed by atoms with Crippen LogP contribution in [0.4, 0.5) is 19.0 Å². The molecule has 0 aliphatic carbocycles. The molecule has 0 unspecified atom stereocenters. The Balaban J connectivity index is 1.98. The highest BCUT2D eigenvalue weighted by atomic mass is 19.4. The molecule has 0 atom stereocenters. The van der Waals surface area contributed by atoms with Gasteiger partial charge in [0.05, 0.1) is 11.3 Å². The van der Waals surface area contributed by atoms with E-state index in [9.17, 15) is 23.1 Å². The van der Waals surface area contributed by atoms with Gasteiger partial charge in [0.2, 0.25) is 5.69 Å². The Morgan fingerprint density at radius 1 is 1.16 bits per heavy atom. The van der Waals surface area contributed by atoms with Gasteiger partial charge in [0.15, 0.2) is 5.82 Å². The third-order valence-electron chi connectivity index (χ3n) is 4.01. The second-order valence-corrected chi connectivity index (χ2v) is 5.81. The number of benzene rings is 1. The van der Waals surface area contributed by atoms with Gasteiger partial charge in [0.25, 0.3) is 0 Å². The highest BCUT2D eigenvalue weighted by Gasteiger charge is 2.31. The molecule has 1 N–H and O–H groups in total. The van der Waals surface area contributed by atoms with Crippen LogP contribution in [0.2, 0.25) is 0 Å². The number of nitrogens with zero attached hydrogens (tertiary/aromatic N) is 5. The van der Waals surface area contributed by atoms with Crippen molar-refractivity contribution in [3.8, 4) is 5.69 Å². The fraction of sp³-hybridized carbons (Fsp3) is 0.400. The summed E-state index contributed by atoms with van der Waals surface area (Å²) >= 11 is 0. The van der Waals surface area contributed by atoms with E-state index in [0.717, 1.165) is 30.0 Å². The Labute approximate surface area is 141 Å². The van der Waals surface area contributed by atoms with Gasteiger partial charge in [-0.3, -0.25) is 0 Å². The van der Waals surface area contributed by atoms with Gasteiger partial charge in [-0.05, 0) is 25.2 Å². The number of piperazine rings is 1. The van der Waals surface area contributed by atoms with Crippen LogP contribution in [0.3, 0.4) is 0 Å². The van der Waals surface area contributed by atoms with Crippen LogP contribution in [0, 0.1) is 0 Å². The number of hydrogen-bond acceptors (Lipinski definition) is 5. The Hall–Kier alpha value is -2.62. The predicted molar refractivity (Wildman–Crippen MR) is 83.0 cm³/mol. The van der Waals surface area contributed by atoms with Crippen LogP contribution in [0.15, 0.2) is 24.3 Å². The molecule has 25 heavy (non-hydrogen) atoms. The molecule has 0 bridgehead atoms. The molecular weight excluding hydrogens is 339 g/mol. The number of aromatic nitrogens is 3. The van der Waals surface area contributed by atoms with Crippen LogP contribution >= 0.6 is 0 Å². The number of aromatic carboxylic acids is 1. The minimum atomic E-state index is -4.50. The van der Waals surface area contributed by atoms with Gasteiger partial charge in [0, 0.05) is 26.2 Å². The number of rotatable bonds is 3. The zero-order chi connectivity index (χ0) is 18.2. The van der Waals surface area contributed by atoms with E-state index in [1.165, 1.54) is 12.1 Å². The molecule has 0 radical (unpaired) electrons. The van der Waals surface area contributed by atoms with Crippen LogP contribution in [-0.4, -0.2) is 64.2 Å². The van der Waals surface area contributed by atoms with E-state index in [-0.39, 0.29) is 17.2 Å². The molecule has 2 heterocycles. The standard InChI is InChI=1S/C15H16F3N5O2/c1-21-5-7-22(8-6-21)13-12(14(24)25)19-23(20-13)11-4-2-3-10(9-11)15(16,17)18/h2-4,9H,5-8H2,1H3,(H,24,25). The summed E-state index contributed by atoms with van der Waals surface area (Å²) < 4.78 is 38.6. The largest absolute Gasteiger partial charge is 0.476 e. The van der Waals surface area contributed by atoms with Crippen molar-refractivity contribution in [3.05, 3.63) is 35.5 Å². The molecule has 7 nitrogen and oxygen atoms in total. The molecule has 1 saturated heterocycles. The SMILES string of the molecule is CN1CCN(c2nn(-c3cccc(C(F)(F)F)c3)nc2C(=O)O)CC1. The van der Waals surface area contributed by atoms with Crippen molar-refractivity contribution in [1.29, 1.82) is 0 Å². The first-order valence-corrected chi connectivity index (χ1v) is 7.57. The average molecular weight is 355 g/mol. The molecule has 3 rings (SSSR count). The highest BCUT2D eigenvalue weighted by molar-refractivity contribution is 5.91. The molecular formula is C15H16F3N5O2. The lowest BCUT2D eigenvalue weighted by atomic mass is 10.2. The van der Waals surface area contributed by atoms with Crippen LogP contribution in [0.25, 0.3) is 5.69 Å². The van der Waals surface area contributed by atoms with Crippen molar-refractivity contribution < 1.29 is 23.1 Å². The van der Waals surface area contributed by atoms with Crippen LogP contribution < -0.4 is 4.90 Å². The summed E-state index contributed by atoms with van der Waals surface area (Å²) in [7, 11) is 1.95. The number of carboxylic acid groups (broad SMARTS) is 1. The lowest BCUT2D eigenvalue weighted by Crippen LogP contribution is -2.45. The summed E-state index contributed by atoms with van der Waals surface area (Å²) in [5, 5.41) is 17.4. The quantitative estimate of drug-likeness (QED) is 0.904. The zero-order valence-electron chi connectivity index (χ0n) is 13.4. The molecule has 2 aromatic rings. The number of anilines is 1. The summed E-state index contributed by atoms with van der Waals surface area (Å²) in [6.45, 7) is 2.60. The van der Waals surface area contributed by atoms with Gasteiger partial charge in [-0.25, -0.2) is 4.79 Å². The molecule has 0 amide bonds. The molecule has 1 aromatic carbocycles. The van der Waals surface area contributed by atoms with Crippen molar-refractivity contribution in [3.63, 3.8) is 0 Å². The number of carboxylic acids is 1. The first kappa shape index (κ1) is 17.2. The van der Waals surface area contributed by atoms with Gasteiger partial charge in [-0.1, -0.05) is 6.07 Å². The van der Waals surface area contributed by atoms with E-state index in [2.05, 4.69) is 15.1 Å². The Morgan fingerprint density at radius 2 is 1.84 bits per heavy atom. The minimum absolute atomic E-state index is 0.0534. The summed E-state index contributed by atoms with van der Waals surface area (Å²) in [5.74, 6) is -1.11. The highest BCUT2D eigenvalue weighted by Crippen LogP contribution is 2.30. The van der Waals surface area contributed by atoms with Crippen molar-refractivity contribution in [2.45, 2.75) is 6.18 Å². The number of hydrogen-bond donors (Lipinski definition) is 1. The molecule has 10 heteroatoms. The molecule has 1 aromatic heterocycles. The summed E-state index contributed by atoms with van der Waals surface area (Å²) in [4.78, 5) is 16.3. The van der Waals surface area contributed by atoms with Crippen molar-refractivity contribution in [2.75, 3.05) is 38.1 Å². The Kier molecular flexibility index (Phi) is 4.38. The molecule has 1 aliphatic rings. The molecule has 0 spiro atoms. The Bertz CT molecular complexity index is 782. The van der Waals surface area contributed by atoms with Crippen LogP contribution in [0.1, 0.15) is 16.1 Å². The number of likely N-dealkylation sites (N-methyl/N-ethyl adjacent to an activating group) is 1. The third-order valence-corrected chi connectivity index (χ3v) is 4.01. The zero-order valence-corrected chi connectivity index (χ0v) is 13.4. The maximum Gasteiger partial charge on any atom is 0.416 e. The summed E-state index contributed by atoms with van der Waals surface area (Å²) in [5.41, 5.74) is -1.07. The van der Waals surface area contributed by atoms with Crippen molar-refractivity contribution in [2.24, 2.45) is 0 Å². The van der Waals surface area contributed by atoms with E-state index >= 15 is 0 Å². The maximum absolute atomic E-state index is 12.9. The third kappa shape index (κ3) is 3.58. The normalized spacial score (nSPS) is 16.2. The van der Waals surface area contributed by atoms with Gasteiger partial charge in [-0.2, -0.15) is 13.2 Å². The fourth-order valence-corrected chi connectivity index (χ4v) is 2.59. The van der Waals surface area contributed by atoms with E-state index in [1.807, 2.05) is 7.05 Å². The topological polar surface area (TPSA) is 74.5 Å². The monoisotopic (exact) mass is 355 g/mol. The fourth-order valence-electron chi connectivity index (χ4n) is 2.59. The first-order valence-electron chi connectivity index (χ1n) is 7.57. The van der Waals surface area contributed by atoms with E-state index in [4.69, 9.17) is 0 Å². The smallest absolute Gasteiger partial charge is 0.416 e. The van der Waals surface area contributed by atoms with Crippen LogP contribution in [-0.2, 0) is 6.18 Å². The number of carbonyl (C=O) groups is 1. The second-order valence-electron chi connectivity index (χ2n) is 5.81. The summed E-state index contributed by atoms with van der Waals surface area (Å²) in [6.07, 6.45) is -4.50. The lowest BCUT2D eigenvalue weighted by molar-refractivity contribution is -0.137. The van der Waals surface area contributed by atoms with E-state index in [0.29, 0.717) is 13.1 Å². The average Bonchev–Trinajstić information content (AvgIpc) is 3.00. The minimum Gasteiger partial charge on any atom is -0.476 e. The van der Waals surface area contributed by atoms with Gasteiger partial charge >= 0.3 is 12.1 Å². The predicted octanol–water partition coefficient (Wildman–Crippen LogP) is 1.74. The van der Waals surface area contributed by atoms with Gasteiger partial charge in [-0.15, -0.1) is 15.0 Å². The van der Waals surface area contributed by atoms with Crippen molar-refractivity contribution >= 4 is 11.8 Å². The number of halogens is 3. The van der Waals surface area contributed by atoms with Crippen LogP contribution in [0.5, 0.6) is 0 Å². The molecule has 0 saturated carbocycles. The van der Waals surface area contributed by atoms with E-state index < -0.39 is 17.7 Å².